The third-order valence-electron chi connectivity index (χ3n) is 6.48. The van der Waals surface area contributed by atoms with Gasteiger partial charge in [-0.25, -0.2) is 8.42 Å². The highest BCUT2D eigenvalue weighted by Crippen LogP contribution is 2.66. The molecule has 0 N–H and O–H groups in total. The lowest BCUT2D eigenvalue weighted by Crippen LogP contribution is -2.77. The van der Waals surface area contributed by atoms with Crippen molar-refractivity contribution in [2.24, 2.45) is 0 Å². The molecule has 0 spiro atoms. The fraction of sp³-hybridized carbons (Fsp3) is 1.00. The predicted molar refractivity (Wildman–Crippen MR) is 103 cm³/mol. The highest BCUT2D eigenvalue weighted by atomic mass is 32.2. The number of rotatable bonds is 13. The minimum absolute atomic E-state index is 1.28. The Balaban J connectivity index is 0. The van der Waals surface area contributed by atoms with Crippen molar-refractivity contribution in [1.82, 2.24) is 0 Å². The van der Waals surface area contributed by atoms with Crippen LogP contribution >= 0.6 is 0 Å². The maximum absolute atomic E-state index is 13.3. The zero-order chi connectivity index (χ0) is 36.8. The van der Waals surface area contributed by atoms with Crippen LogP contribution in [0.4, 0.5) is 92.2 Å². The van der Waals surface area contributed by atoms with Gasteiger partial charge in [-0.3, -0.25) is 0 Å². The van der Waals surface area contributed by atoms with Crippen LogP contribution in [0.5, 0.6) is 0 Å². The molecule has 0 amide bonds. The molecule has 268 valence electrons. The second kappa shape index (κ2) is 12.2. The molecule has 0 aliphatic carbocycles. The lowest BCUT2D eigenvalue weighted by atomic mass is 9.87. The molecule has 0 saturated heterocycles. The van der Waals surface area contributed by atoms with E-state index in [1.807, 2.05) is 0 Å². The number of nitrogens with zero attached hydrogens (tertiary/aromatic N) is 1. The summed E-state index contributed by atoms with van der Waals surface area (Å²) in [5, 5.41) is -8.17. The van der Waals surface area contributed by atoms with E-state index in [-0.39, 0.29) is 0 Å². The standard InChI is InChI=1S/C10HF21O3S.C8H20N/c11-1(12,3(15,16)5(19,20)7(23,24)9(27,28)29)2(13,14)4(17,18)6(21,22)8(25,26)10(30,31)35(32,33)34;1-5-9(6-2,7-3)8-4/h(H,32,33,34);5-8H2,1-4H3/q;+1/p-1. The molecule has 0 heterocycles. The third kappa shape index (κ3) is 6.22. The van der Waals surface area contributed by atoms with Crippen LogP contribution in [0.15, 0.2) is 0 Å². The first-order valence-corrected chi connectivity index (χ1v) is 12.4. The number of alkyl halides is 21. The molecule has 0 fully saturated rings. The molecule has 0 bridgehead atoms. The molecule has 0 radical (unpaired) electrons. The first-order valence-electron chi connectivity index (χ1n) is 11.0. The fourth-order valence-corrected chi connectivity index (χ4v) is 3.48. The van der Waals surface area contributed by atoms with E-state index < -0.39 is 68.9 Å². The average molecular weight is 729 g/mol. The van der Waals surface area contributed by atoms with Gasteiger partial charge in [-0.1, -0.05) is 0 Å². The van der Waals surface area contributed by atoms with Gasteiger partial charge in [-0.05, 0) is 27.7 Å². The van der Waals surface area contributed by atoms with Gasteiger partial charge in [0.1, 0.15) is 0 Å². The van der Waals surface area contributed by atoms with Crippen molar-refractivity contribution in [3.8, 4) is 0 Å². The number of hydrogen-bond acceptors (Lipinski definition) is 3. The first kappa shape index (κ1) is 44.5. The second-order valence-electron chi connectivity index (χ2n) is 8.67. The zero-order valence-electron chi connectivity index (χ0n) is 21.8. The summed E-state index contributed by atoms with van der Waals surface area (Å²) in [6.07, 6.45) is -8.09. The molecule has 0 saturated carbocycles. The van der Waals surface area contributed by atoms with Crippen molar-refractivity contribution in [1.29, 1.82) is 0 Å². The van der Waals surface area contributed by atoms with E-state index in [9.17, 15) is 105 Å². The highest BCUT2D eigenvalue weighted by Gasteiger charge is 2.98. The molecule has 0 atom stereocenters. The molecular weight excluding hydrogens is 709 g/mol. The number of halogens is 21. The van der Waals surface area contributed by atoms with Gasteiger partial charge < -0.3 is 9.04 Å². The van der Waals surface area contributed by atoms with Gasteiger partial charge >= 0.3 is 58.8 Å². The van der Waals surface area contributed by atoms with Crippen molar-refractivity contribution in [3.05, 3.63) is 0 Å². The van der Waals surface area contributed by atoms with Gasteiger partial charge in [0.25, 0.3) is 0 Å². The van der Waals surface area contributed by atoms with Crippen LogP contribution in [0.25, 0.3) is 0 Å². The van der Waals surface area contributed by atoms with E-state index >= 15 is 0 Å². The van der Waals surface area contributed by atoms with E-state index in [0.717, 1.165) is 0 Å². The van der Waals surface area contributed by atoms with Crippen LogP contribution in [0.2, 0.25) is 0 Å². The Bertz CT molecular complexity index is 1060. The molecule has 4 nitrogen and oxygen atoms in total. The SMILES string of the molecule is CC[N+](CC)(CC)CC.O=S(=O)([O-])C(F)(F)C(F)(F)C(F)(F)C(F)(F)C(F)(F)C(F)(F)C(F)(F)C(F)(F)C(F)(F)C(F)(F)F. The van der Waals surface area contributed by atoms with Crippen molar-refractivity contribution in [2.75, 3.05) is 26.2 Å². The summed E-state index contributed by atoms with van der Waals surface area (Å²) in [6, 6.07) is 0. The van der Waals surface area contributed by atoms with Crippen molar-refractivity contribution in [2.45, 2.75) is 86.5 Å². The largest absolute Gasteiger partial charge is 0.743 e. The highest BCUT2D eigenvalue weighted by molar-refractivity contribution is 7.86. The van der Waals surface area contributed by atoms with Gasteiger partial charge in [-0.2, -0.15) is 92.2 Å². The summed E-state index contributed by atoms with van der Waals surface area (Å²) in [5.41, 5.74) is 0. The Morgan fingerprint density at radius 2 is 0.591 bits per heavy atom. The molecule has 0 aromatic rings. The number of quaternary nitrogens is 1. The Hall–Kier alpha value is -1.60. The summed E-state index contributed by atoms with van der Waals surface area (Å²) in [4.78, 5) is 0. The van der Waals surface area contributed by atoms with Crippen LogP contribution in [0, 0.1) is 0 Å². The fourth-order valence-electron chi connectivity index (χ4n) is 3.04. The van der Waals surface area contributed by atoms with E-state index in [0.29, 0.717) is 0 Å². The molecule has 44 heavy (non-hydrogen) atoms. The van der Waals surface area contributed by atoms with Crippen molar-refractivity contribution >= 4 is 10.1 Å². The number of hydrogen-bond donors (Lipinski definition) is 0. The van der Waals surface area contributed by atoms with Gasteiger partial charge in [0.15, 0.2) is 10.1 Å². The molecule has 0 unspecified atom stereocenters. The normalized spacial score (nSPS) is 16.0. The molecule has 0 aromatic heterocycles. The van der Waals surface area contributed by atoms with Crippen LogP contribution in [0.1, 0.15) is 27.7 Å². The van der Waals surface area contributed by atoms with Gasteiger partial charge in [-0.15, -0.1) is 0 Å². The third-order valence-corrected chi connectivity index (χ3v) is 7.36. The summed E-state index contributed by atoms with van der Waals surface area (Å²) in [5.74, 6) is -72.8. The molecular formula is C18H20F21NO3S. The summed E-state index contributed by atoms with van der Waals surface area (Å²) in [6.45, 7) is 14.2. The lowest BCUT2D eigenvalue weighted by Gasteiger charge is -2.44. The Morgan fingerprint density at radius 3 is 0.727 bits per heavy atom. The smallest absolute Gasteiger partial charge is 0.460 e. The molecule has 0 aromatic carbocycles. The average Bonchev–Trinajstić information content (AvgIpc) is 2.83. The van der Waals surface area contributed by atoms with E-state index in [1.165, 1.54) is 30.7 Å². The molecule has 0 rings (SSSR count). The van der Waals surface area contributed by atoms with Crippen LogP contribution in [-0.4, -0.2) is 102 Å². The molecule has 0 aliphatic rings. The summed E-state index contributed by atoms with van der Waals surface area (Å²) >= 11 is 0. The van der Waals surface area contributed by atoms with E-state index in [2.05, 4.69) is 27.7 Å². The monoisotopic (exact) mass is 729 g/mol. The van der Waals surface area contributed by atoms with Gasteiger partial charge in [0, 0.05) is 0 Å². The van der Waals surface area contributed by atoms with Gasteiger partial charge in [0.05, 0.1) is 26.2 Å². The maximum atomic E-state index is 13.3. The van der Waals surface area contributed by atoms with E-state index in [1.54, 1.807) is 0 Å². The summed E-state index contributed by atoms with van der Waals surface area (Å²) < 4.78 is 301. The lowest BCUT2D eigenvalue weighted by molar-refractivity contribution is -0.921. The summed E-state index contributed by atoms with van der Waals surface area (Å²) in [7, 11) is -8.34. The minimum atomic E-state index is -9.40. The quantitative estimate of drug-likeness (QED) is 0.111. The maximum Gasteiger partial charge on any atom is 0.460 e. The van der Waals surface area contributed by atoms with Gasteiger partial charge in [0.2, 0.25) is 0 Å². The minimum Gasteiger partial charge on any atom is -0.743 e. The predicted octanol–water partition coefficient (Wildman–Crippen LogP) is 7.65. The van der Waals surface area contributed by atoms with E-state index in [4.69, 9.17) is 0 Å². The first-order chi connectivity index (χ1) is 18.7. The van der Waals surface area contributed by atoms with Crippen LogP contribution < -0.4 is 0 Å². The van der Waals surface area contributed by atoms with Crippen molar-refractivity contribution < 1.29 is 110 Å². The second-order valence-corrected chi connectivity index (χ2v) is 10.1. The Labute approximate surface area is 233 Å². The van der Waals surface area contributed by atoms with Crippen LogP contribution in [0.3, 0.4) is 0 Å². The topological polar surface area (TPSA) is 57.2 Å². The van der Waals surface area contributed by atoms with Crippen molar-refractivity contribution in [3.63, 3.8) is 0 Å². The zero-order valence-corrected chi connectivity index (χ0v) is 22.7. The Morgan fingerprint density at radius 1 is 0.409 bits per heavy atom. The Kier molecular flexibility index (Phi) is 12.4. The molecule has 26 heteroatoms. The van der Waals surface area contributed by atoms with Crippen LogP contribution in [-0.2, 0) is 10.1 Å². The molecule has 0 aliphatic heterocycles.